The predicted molar refractivity (Wildman–Crippen MR) is 31.6 cm³/mol. The number of ether oxygens (including phenoxy) is 1. The van der Waals surface area contributed by atoms with Crippen LogP contribution in [0.4, 0.5) is 0 Å². The Bertz CT molecular complexity index is 175. The average Bonchev–Trinajstić information content (AvgIpc) is 2.46. The van der Waals surface area contributed by atoms with Crippen LogP contribution >= 0.6 is 18.6 Å². The molecule has 1 heterocycles. The van der Waals surface area contributed by atoms with E-state index in [1.165, 1.54) is 0 Å². The van der Waals surface area contributed by atoms with Crippen molar-refractivity contribution in [2.45, 2.75) is 24.7 Å². The number of halogens is 1. The van der Waals surface area contributed by atoms with E-state index in [4.69, 9.17) is 20.5 Å². The van der Waals surface area contributed by atoms with Gasteiger partial charge in [-0.25, -0.2) is 0 Å². The fourth-order valence-corrected chi connectivity index (χ4v) is 1.95. The number of fused-ring (bicyclic) bond motifs is 1. The summed E-state index contributed by atoms with van der Waals surface area (Å²) >= 11 is 5.12. The summed E-state index contributed by atoms with van der Waals surface area (Å²) in [5.74, 6) is 0. The zero-order valence-electron chi connectivity index (χ0n) is 4.70. The molecule has 5 heteroatoms. The highest BCUT2D eigenvalue weighted by Crippen LogP contribution is 2.62. The normalized spacial score (nSPS) is 54.2. The van der Waals surface area contributed by atoms with E-state index in [1.807, 2.05) is 6.92 Å². The van der Waals surface area contributed by atoms with Crippen LogP contribution in [0.25, 0.3) is 0 Å². The first kappa shape index (κ1) is 6.05. The van der Waals surface area contributed by atoms with E-state index in [0.29, 0.717) is 0 Å². The van der Waals surface area contributed by atoms with Gasteiger partial charge in [-0.3, -0.25) is 0 Å². The van der Waals surface area contributed by atoms with Crippen LogP contribution in [-0.2, 0) is 13.8 Å². The van der Waals surface area contributed by atoms with Gasteiger partial charge in [0.15, 0.2) is 5.60 Å². The van der Waals surface area contributed by atoms with Crippen molar-refractivity contribution >= 4 is 18.6 Å². The third-order valence-corrected chi connectivity index (χ3v) is 2.52. The summed E-state index contributed by atoms with van der Waals surface area (Å²) in [5.41, 5.74) is -0.310. The topological polar surface area (TPSA) is 38.8 Å². The molecule has 2 rings (SSSR count). The summed E-state index contributed by atoms with van der Waals surface area (Å²) in [6, 6.07) is 0. The molecule has 1 saturated carbocycles. The van der Waals surface area contributed by atoms with Crippen molar-refractivity contribution in [3.8, 4) is 0 Å². The Morgan fingerprint density at radius 1 is 1.78 bits per heavy atom. The van der Waals surface area contributed by atoms with Crippen LogP contribution in [0, 0.1) is 0 Å². The highest BCUT2D eigenvalue weighted by Gasteiger charge is 2.83. The molecule has 0 aromatic heterocycles. The third-order valence-electron chi connectivity index (χ3n) is 1.78. The van der Waals surface area contributed by atoms with Crippen LogP contribution in [-0.4, -0.2) is 17.8 Å². The molecule has 0 spiro atoms. The van der Waals surface area contributed by atoms with E-state index in [0.717, 1.165) is 0 Å². The SMILES string of the molecule is CC1(O[P+](=O)Cl)C2OC21. The Balaban J connectivity index is 1.94. The molecule has 0 aromatic rings. The van der Waals surface area contributed by atoms with Crippen molar-refractivity contribution < 1.29 is 13.8 Å². The zero-order valence-corrected chi connectivity index (χ0v) is 6.35. The van der Waals surface area contributed by atoms with Gasteiger partial charge >= 0.3 is 7.38 Å². The third kappa shape index (κ3) is 0.729. The van der Waals surface area contributed by atoms with Gasteiger partial charge in [-0.2, -0.15) is 0 Å². The molecule has 0 aromatic carbocycles. The highest BCUT2D eigenvalue weighted by atomic mass is 35.7. The second-order valence-electron chi connectivity index (χ2n) is 2.46. The Morgan fingerprint density at radius 3 is 2.44 bits per heavy atom. The zero-order chi connectivity index (χ0) is 6.65. The first-order valence-corrected chi connectivity index (χ1v) is 4.70. The van der Waals surface area contributed by atoms with E-state index in [-0.39, 0.29) is 17.8 Å². The van der Waals surface area contributed by atoms with Crippen LogP contribution in [0.3, 0.4) is 0 Å². The predicted octanol–water partition coefficient (Wildman–Crippen LogP) is 1.44. The maximum absolute atomic E-state index is 10.3. The molecule has 9 heavy (non-hydrogen) atoms. The minimum Gasteiger partial charge on any atom is -0.363 e. The molecule has 1 aliphatic heterocycles. The molecular weight excluding hydrogens is 162 g/mol. The lowest BCUT2D eigenvalue weighted by atomic mass is 10.4. The molecule has 3 nitrogen and oxygen atoms in total. The smallest absolute Gasteiger partial charge is 0.363 e. The van der Waals surface area contributed by atoms with E-state index < -0.39 is 7.38 Å². The lowest BCUT2D eigenvalue weighted by molar-refractivity contribution is 0.0451. The summed E-state index contributed by atoms with van der Waals surface area (Å²) in [4.78, 5) is 0. The lowest BCUT2D eigenvalue weighted by Crippen LogP contribution is -2.19. The fraction of sp³-hybridized carbons (Fsp3) is 1.00. The molecule has 1 aliphatic carbocycles. The standard InChI is InChI=1S/C4H5ClO3P/c1-4(8-9(5)6)2-3(4)7-2/h2-3H,1H3/q+1. The number of hydrogen-bond donors (Lipinski definition) is 0. The van der Waals surface area contributed by atoms with Crippen molar-refractivity contribution in [3.05, 3.63) is 0 Å². The summed E-state index contributed by atoms with van der Waals surface area (Å²) in [5, 5.41) is 0. The maximum Gasteiger partial charge on any atom is 0.634 e. The summed E-state index contributed by atoms with van der Waals surface area (Å²) < 4.78 is 20.1. The molecule has 50 valence electrons. The monoisotopic (exact) mass is 167 g/mol. The second kappa shape index (κ2) is 1.48. The van der Waals surface area contributed by atoms with E-state index in [2.05, 4.69) is 0 Å². The van der Waals surface area contributed by atoms with Crippen LogP contribution in [0.15, 0.2) is 0 Å². The van der Waals surface area contributed by atoms with E-state index >= 15 is 0 Å². The lowest BCUT2D eigenvalue weighted by Gasteiger charge is -2.04. The van der Waals surface area contributed by atoms with Gasteiger partial charge in [0.1, 0.15) is 12.2 Å². The quantitative estimate of drug-likeness (QED) is 0.461. The summed E-state index contributed by atoms with van der Waals surface area (Å²) in [6.45, 7) is 1.85. The van der Waals surface area contributed by atoms with Gasteiger partial charge < -0.3 is 4.74 Å². The van der Waals surface area contributed by atoms with E-state index in [9.17, 15) is 4.57 Å². The van der Waals surface area contributed by atoms with Crippen molar-refractivity contribution in [1.82, 2.24) is 0 Å². The first-order chi connectivity index (χ1) is 4.14. The largest absolute Gasteiger partial charge is 0.634 e. The Morgan fingerprint density at radius 2 is 2.33 bits per heavy atom. The molecule has 0 radical (unpaired) electrons. The molecule has 2 aliphatic rings. The fourth-order valence-electron chi connectivity index (χ4n) is 0.984. The number of epoxide rings is 1. The van der Waals surface area contributed by atoms with Crippen molar-refractivity contribution in [1.29, 1.82) is 0 Å². The van der Waals surface area contributed by atoms with Crippen LogP contribution in [0.5, 0.6) is 0 Å². The summed E-state index contributed by atoms with van der Waals surface area (Å²) in [7, 11) is -1.98. The Hall–Kier alpha value is 0.310. The molecule has 3 unspecified atom stereocenters. The molecule has 0 N–H and O–H groups in total. The van der Waals surface area contributed by atoms with Gasteiger partial charge in [0.25, 0.3) is 0 Å². The van der Waals surface area contributed by atoms with Gasteiger partial charge in [0.2, 0.25) is 11.2 Å². The van der Waals surface area contributed by atoms with Crippen LogP contribution in [0.1, 0.15) is 6.92 Å². The first-order valence-electron chi connectivity index (χ1n) is 2.62. The van der Waals surface area contributed by atoms with Crippen molar-refractivity contribution in [2.24, 2.45) is 0 Å². The van der Waals surface area contributed by atoms with Gasteiger partial charge in [0, 0.05) is 0 Å². The van der Waals surface area contributed by atoms with Gasteiger partial charge in [0.05, 0.1) is 0 Å². The van der Waals surface area contributed by atoms with Gasteiger partial charge in [-0.15, -0.1) is 4.52 Å². The molecule has 2 fully saturated rings. The van der Waals surface area contributed by atoms with E-state index in [1.54, 1.807) is 0 Å². The minimum absolute atomic E-state index is 0.176. The Kier molecular flexibility index (Phi) is 0.996. The number of rotatable bonds is 2. The van der Waals surface area contributed by atoms with Crippen molar-refractivity contribution in [3.63, 3.8) is 0 Å². The molecule has 0 bridgehead atoms. The van der Waals surface area contributed by atoms with Gasteiger partial charge in [-0.1, -0.05) is 0 Å². The highest BCUT2D eigenvalue weighted by molar-refractivity contribution is 7.69. The minimum atomic E-state index is -1.98. The average molecular weight is 168 g/mol. The maximum atomic E-state index is 10.3. The molecule has 3 atom stereocenters. The Labute approximate surface area is 57.9 Å². The number of hydrogen-bond acceptors (Lipinski definition) is 3. The second-order valence-corrected chi connectivity index (χ2v) is 3.90. The van der Waals surface area contributed by atoms with Gasteiger partial charge in [-0.05, 0) is 11.5 Å². The summed E-state index contributed by atoms with van der Waals surface area (Å²) in [6.07, 6.45) is 0.352. The molecule has 1 saturated heterocycles. The molecule has 0 amide bonds. The van der Waals surface area contributed by atoms with Crippen molar-refractivity contribution in [2.75, 3.05) is 0 Å². The van der Waals surface area contributed by atoms with Crippen LogP contribution in [0.2, 0.25) is 0 Å². The van der Waals surface area contributed by atoms with Crippen LogP contribution < -0.4 is 0 Å². The molecular formula is C4H5ClO3P+.